The van der Waals surface area contributed by atoms with Crippen molar-refractivity contribution in [2.45, 2.75) is 0 Å². The topological polar surface area (TPSA) is 81.2 Å². The van der Waals surface area contributed by atoms with Crippen LogP contribution in [0.1, 0.15) is 16.7 Å². The summed E-state index contributed by atoms with van der Waals surface area (Å²) >= 11 is 0. The molecule has 0 N–H and O–H groups in total. The number of aromatic nitrogens is 2. The van der Waals surface area contributed by atoms with Gasteiger partial charge in [-0.05, 0) is 64.7 Å². The Hall–Kier alpha value is -7.39. The first-order chi connectivity index (χ1) is 24.7. The lowest BCUT2D eigenvalue weighted by Crippen LogP contribution is -2.02. The molecule has 5 nitrogen and oxygen atoms in total. The van der Waals surface area contributed by atoms with Crippen molar-refractivity contribution in [1.29, 1.82) is 15.8 Å². The van der Waals surface area contributed by atoms with Gasteiger partial charge in [-0.15, -0.1) is 0 Å². The van der Waals surface area contributed by atoms with Crippen LogP contribution in [-0.4, -0.2) is 9.13 Å². The normalized spacial score (nSPS) is 11.1. The van der Waals surface area contributed by atoms with Gasteiger partial charge in [0.15, 0.2) is 0 Å². The van der Waals surface area contributed by atoms with Gasteiger partial charge >= 0.3 is 0 Å². The summed E-state index contributed by atoms with van der Waals surface area (Å²) in [4.78, 5) is 0. The third-order valence-corrected chi connectivity index (χ3v) is 9.60. The molecule has 0 aliphatic carbocycles. The van der Waals surface area contributed by atoms with Gasteiger partial charge in [0.05, 0.1) is 50.5 Å². The zero-order chi connectivity index (χ0) is 33.8. The zero-order valence-corrected chi connectivity index (χ0v) is 26.7. The predicted octanol–water partition coefficient (Wildman–Crippen LogP) is 10.8. The molecule has 0 spiro atoms. The molecule has 50 heavy (non-hydrogen) atoms. The molecule has 9 aromatic rings. The van der Waals surface area contributed by atoms with Crippen molar-refractivity contribution in [2.75, 3.05) is 0 Å². The van der Waals surface area contributed by atoms with Gasteiger partial charge in [0.1, 0.15) is 12.1 Å². The second-order valence-corrected chi connectivity index (χ2v) is 12.3. The number of hydrogen-bond acceptors (Lipinski definition) is 3. The molecule has 0 saturated carbocycles. The molecule has 2 aromatic heterocycles. The number of hydrogen-bond donors (Lipinski definition) is 0. The quantitative estimate of drug-likeness (QED) is 0.193. The minimum absolute atomic E-state index is 0.273. The fraction of sp³-hybridized carbons (Fsp3) is 0. The second-order valence-electron chi connectivity index (χ2n) is 12.3. The van der Waals surface area contributed by atoms with Gasteiger partial charge < -0.3 is 9.13 Å². The van der Waals surface area contributed by atoms with Gasteiger partial charge in [-0.1, -0.05) is 109 Å². The average molecular weight is 636 g/mol. The van der Waals surface area contributed by atoms with Crippen LogP contribution in [0.15, 0.2) is 152 Å². The molecule has 0 atom stereocenters. The molecule has 0 fully saturated rings. The van der Waals surface area contributed by atoms with Crippen LogP contribution in [0.25, 0.3) is 77.2 Å². The highest BCUT2D eigenvalue weighted by atomic mass is 15.0. The summed E-state index contributed by atoms with van der Waals surface area (Å²) in [5, 5.41) is 34.5. The number of para-hydroxylation sites is 2. The number of benzene rings is 7. The van der Waals surface area contributed by atoms with Crippen LogP contribution in [-0.2, 0) is 0 Å². The summed E-state index contributed by atoms with van der Waals surface area (Å²) in [5.41, 5.74) is 10.8. The molecule has 230 valence electrons. The molecule has 0 aliphatic rings. The largest absolute Gasteiger partial charge is 0.309 e. The van der Waals surface area contributed by atoms with Crippen LogP contribution in [0.2, 0.25) is 0 Å². The van der Waals surface area contributed by atoms with Crippen LogP contribution >= 0.6 is 0 Å². The number of fused-ring (bicyclic) bond motifs is 7. The van der Waals surface area contributed by atoms with Crippen LogP contribution in [0.3, 0.4) is 0 Å². The van der Waals surface area contributed by atoms with Crippen molar-refractivity contribution >= 4 is 43.6 Å². The van der Waals surface area contributed by atoms with Gasteiger partial charge in [0.25, 0.3) is 0 Å². The summed E-state index contributed by atoms with van der Waals surface area (Å²) in [6, 6.07) is 58.2. The van der Waals surface area contributed by atoms with E-state index in [0.717, 1.165) is 60.4 Å². The molecule has 0 bridgehead atoms. The fourth-order valence-corrected chi connectivity index (χ4v) is 7.44. The Morgan fingerprint density at radius 3 is 1.66 bits per heavy atom. The van der Waals surface area contributed by atoms with Crippen molar-refractivity contribution in [1.82, 2.24) is 9.13 Å². The highest BCUT2D eigenvalue weighted by Crippen LogP contribution is 2.43. The lowest BCUT2D eigenvalue weighted by atomic mass is 10.00. The van der Waals surface area contributed by atoms with Gasteiger partial charge in [0, 0.05) is 27.2 Å². The highest BCUT2D eigenvalue weighted by molar-refractivity contribution is 6.26. The standard InChI is InChI=1S/C45H25N5/c46-26-29-23-34(27-47)44(35(24-29)28-48)50-40-15-6-4-13-37(40)38-21-22-42-43(45(38)50)39-14-5-7-16-41(39)49(42)36-12-8-11-33(25-36)32-19-17-31(18-20-32)30-9-2-1-3-10-30/h1-25H. The van der Waals surface area contributed by atoms with E-state index in [0.29, 0.717) is 5.69 Å². The third-order valence-electron chi connectivity index (χ3n) is 9.60. The lowest BCUT2D eigenvalue weighted by Gasteiger charge is -2.13. The molecule has 0 unspecified atom stereocenters. The maximum absolute atomic E-state index is 10.3. The van der Waals surface area contributed by atoms with E-state index in [2.05, 4.69) is 132 Å². The molecule has 5 heteroatoms. The minimum atomic E-state index is 0.273. The van der Waals surface area contributed by atoms with Crippen LogP contribution < -0.4 is 0 Å². The lowest BCUT2D eigenvalue weighted by molar-refractivity contribution is 1.15. The van der Waals surface area contributed by atoms with E-state index in [1.807, 2.05) is 34.9 Å². The van der Waals surface area contributed by atoms with Gasteiger partial charge in [-0.25, -0.2) is 0 Å². The van der Waals surface area contributed by atoms with E-state index in [1.165, 1.54) is 11.1 Å². The van der Waals surface area contributed by atoms with Gasteiger partial charge in [-0.3, -0.25) is 0 Å². The van der Waals surface area contributed by atoms with Crippen LogP contribution in [0.4, 0.5) is 0 Å². The van der Waals surface area contributed by atoms with Gasteiger partial charge in [0.2, 0.25) is 0 Å². The smallest absolute Gasteiger partial charge is 0.101 e. The van der Waals surface area contributed by atoms with Gasteiger partial charge in [-0.2, -0.15) is 15.8 Å². The van der Waals surface area contributed by atoms with E-state index in [-0.39, 0.29) is 16.7 Å². The van der Waals surface area contributed by atoms with Crippen molar-refractivity contribution < 1.29 is 0 Å². The Labute approximate surface area is 287 Å². The first kappa shape index (κ1) is 28.8. The molecule has 2 heterocycles. The molecular formula is C45H25N5. The van der Waals surface area contributed by atoms with E-state index >= 15 is 0 Å². The van der Waals surface area contributed by atoms with Crippen LogP contribution in [0.5, 0.6) is 0 Å². The van der Waals surface area contributed by atoms with Crippen LogP contribution in [0, 0.1) is 34.0 Å². The van der Waals surface area contributed by atoms with Crippen molar-refractivity contribution in [3.63, 3.8) is 0 Å². The fourth-order valence-electron chi connectivity index (χ4n) is 7.44. The van der Waals surface area contributed by atoms with E-state index in [1.54, 1.807) is 12.1 Å². The maximum Gasteiger partial charge on any atom is 0.101 e. The molecule has 0 aliphatic heterocycles. The third kappa shape index (κ3) is 4.31. The number of nitriles is 3. The molecule has 0 radical (unpaired) electrons. The Bertz CT molecular complexity index is 2910. The highest BCUT2D eigenvalue weighted by Gasteiger charge is 2.24. The minimum Gasteiger partial charge on any atom is -0.309 e. The Morgan fingerprint density at radius 1 is 0.400 bits per heavy atom. The second kappa shape index (κ2) is 11.4. The molecule has 7 aromatic carbocycles. The summed E-state index contributed by atoms with van der Waals surface area (Å²) < 4.78 is 4.34. The molecule has 9 rings (SSSR count). The van der Waals surface area contributed by atoms with Crippen molar-refractivity contribution in [3.8, 4) is 51.8 Å². The zero-order valence-electron chi connectivity index (χ0n) is 26.7. The van der Waals surface area contributed by atoms with E-state index < -0.39 is 0 Å². The Kier molecular flexibility index (Phi) is 6.56. The molecular weight excluding hydrogens is 611 g/mol. The summed E-state index contributed by atoms with van der Waals surface area (Å²) in [6.45, 7) is 0. The first-order valence-electron chi connectivity index (χ1n) is 16.3. The number of rotatable bonds is 4. The summed E-state index contributed by atoms with van der Waals surface area (Å²) in [5.74, 6) is 0. The summed E-state index contributed by atoms with van der Waals surface area (Å²) in [6.07, 6.45) is 0. The Balaban J connectivity index is 1.33. The Morgan fingerprint density at radius 2 is 0.980 bits per heavy atom. The van der Waals surface area contributed by atoms with E-state index in [4.69, 9.17) is 0 Å². The van der Waals surface area contributed by atoms with Crippen molar-refractivity contribution in [3.05, 3.63) is 168 Å². The number of nitrogens with zero attached hydrogens (tertiary/aromatic N) is 5. The predicted molar refractivity (Wildman–Crippen MR) is 200 cm³/mol. The summed E-state index contributed by atoms with van der Waals surface area (Å²) in [7, 11) is 0. The van der Waals surface area contributed by atoms with E-state index in [9.17, 15) is 15.8 Å². The molecule has 0 amide bonds. The first-order valence-corrected chi connectivity index (χ1v) is 16.3. The SMILES string of the molecule is N#Cc1cc(C#N)c(-n2c3ccccc3c3ccc4c(c5ccccc5n4-c4cccc(-c5ccc(-c6ccccc6)cc5)c4)c32)c(C#N)c1. The monoisotopic (exact) mass is 635 g/mol. The molecule has 0 saturated heterocycles. The van der Waals surface area contributed by atoms with Crippen molar-refractivity contribution in [2.24, 2.45) is 0 Å². The average Bonchev–Trinajstić information content (AvgIpc) is 3.70. The maximum atomic E-state index is 10.3.